The topological polar surface area (TPSA) is 43.8 Å². The number of hydrogen-bond donors (Lipinski definition) is 1. The van der Waals surface area contributed by atoms with Gasteiger partial charge in [0.25, 0.3) is 0 Å². The second kappa shape index (κ2) is 4.24. The molecule has 0 saturated carbocycles. The number of fused-ring (bicyclic) bond motifs is 1. The van der Waals surface area contributed by atoms with Gasteiger partial charge in [0, 0.05) is 11.5 Å². The Labute approximate surface area is 117 Å². The van der Waals surface area contributed by atoms with Crippen LogP contribution < -0.4 is 5.73 Å². The zero-order chi connectivity index (χ0) is 12.7. The Morgan fingerprint density at radius 2 is 2.00 bits per heavy atom. The summed E-state index contributed by atoms with van der Waals surface area (Å²) in [6.45, 7) is 0. The lowest BCUT2D eigenvalue weighted by molar-refractivity contribution is 0.618. The summed E-state index contributed by atoms with van der Waals surface area (Å²) >= 11 is 1.92. The monoisotopic (exact) mass is 353 g/mol. The largest absolute Gasteiger partial charge is 0.397 e. The van der Waals surface area contributed by atoms with Crippen molar-refractivity contribution in [3.8, 4) is 5.69 Å². The third-order valence-electron chi connectivity index (χ3n) is 2.78. The molecule has 0 saturated heterocycles. The standard InChI is InChI=1S/C13H9FIN3/c14-9-5-13(11(16)6-10(9)15)18-12-4-2-1-3-8(12)7-17-18/h1-7H,16H2. The third kappa shape index (κ3) is 1.74. The smallest absolute Gasteiger partial charge is 0.138 e. The molecule has 3 aromatic rings. The van der Waals surface area contributed by atoms with E-state index >= 15 is 0 Å². The second-order valence-electron chi connectivity index (χ2n) is 3.94. The molecule has 0 aliphatic carbocycles. The molecule has 0 radical (unpaired) electrons. The maximum Gasteiger partial charge on any atom is 0.138 e. The van der Waals surface area contributed by atoms with Gasteiger partial charge in [0.15, 0.2) is 0 Å². The van der Waals surface area contributed by atoms with Crippen molar-refractivity contribution in [2.75, 3.05) is 5.73 Å². The summed E-state index contributed by atoms with van der Waals surface area (Å²) in [5.41, 5.74) is 7.92. The first-order valence-electron chi connectivity index (χ1n) is 5.34. The van der Waals surface area contributed by atoms with Crippen LogP contribution >= 0.6 is 22.6 Å². The number of hydrogen-bond acceptors (Lipinski definition) is 2. The number of nitrogens with two attached hydrogens (primary N) is 1. The van der Waals surface area contributed by atoms with Crippen LogP contribution in [0.3, 0.4) is 0 Å². The van der Waals surface area contributed by atoms with Gasteiger partial charge in [0.2, 0.25) is 0 Å². The minimum Gasteiger partial charge on any atom is -0.397 e. The summed E-state index contributed by atoms with van der Waals surface area (Å²) in [4.78, 5) is 0. The van der Waals surface area contributed by atoms with Gasteiger partial charge < -0.3 is 5.73 Å². The van der Waals surface area contributed by atoms with Gasteiger partial charge in [-0.15, -0.1) is 0 Å². The van der Waals surface area contributed by atoms with Crippen molar-refractivity contribution >= 4 is 39.2 Å². The van der Waals surface area contributed by atoms with Crippen LogP contribution in [-0.4, -0.2) is 9.78 Å². The zero-order valence-corrected chi connectivity index (χ0v) is 11.4. The van der Waals surface area contributed by atoms with E-state index in [2.05, 4.69) is 5.10 Å². The van der Waals surface area contributed by atoms with E-state index in [9.17, 15) is 4.39 Å². The molecule has 5 heteroatoms. The lowest BCUT2D eigenvalue weighted by atomic mass is 10.2. The first-order chi connectivity index (χ1) is 8.66. The van der Waals surface area contributed by atoms with Gasteiger partial charge in [-0.1, -0.05) is 18.2 Å². The van der Waals surface area contributed by atoms with Crippen molar-refractivity contribution in [1.82, 2.24) is 9.78 Å². The summed E-state index contributed by atoms with van der Waals surface area (Å²) in [6, 6.07) is 10.8. The number of halogens is 2. The van der Waals surface area contributed by atoms with Crippen LogP contribution in [-0.2, 0) is 0 Å². The maximum absolute atomic E-state index is 13.6. The van der Waals surface area contributed by atoms with E-state index in [1.165, 1.54) is 6.07 Å². The van der Waals surface area contributed by atoms with Gasteiger partial charge in [0.05, 0.1) is 26.7 Å². The van der Waals surface area contributed by atoms with E-state index in [4.69, 9.17) is 5.73 Å². The molecule has 18 heavy (non-hydrogen) atoms. The highest BCUT2D eigenvalue weighted by Gasteiger charge is 2.10. The molecule has 1 heterocycles. The molecule has 1 aromatic heterocycles. The Morgan fingerprint density at radius 1 is 1.22 bits per heavy atom. The highest BCUT2D eigenvalue weighted by Crippen LogP contribution is 2.25. The Bertz CT molecular complexity index is 736. The van der Waals surface area contributed by atoms with Gasteiger partial charge in [-0.2, -0.15) is 5.10 Å². The summed E-state index contributed by atoms with van der Waals surface area (Å²) in [5, 5.41) is 5.26. The zero-order valence-electron chi connectivity index (χ0n) is 9.27. The Hall–Kier alpha value is -1.63. The van der Waals surface area contributed by atoms with Crippen LogP contribution in [0.5, 0.6) is 0 Å². The predicted octanol–water partition coefficient (Wildman–Crippen LogP) is 3.35. The number of para-hydroxylation sites is 1. The average molecular weight is 353 g/mol. The van der Waals surface area contributed by atoms with Crippen molar-refractivity contribution in [2.45, 2.75) is 0 Å². The second-order valence-corrected chi connectivity index (χ2v) is 5.10. The fourth-order valence-corrected chi connectivity index (χ4v) is 2.39. The molecule has 0 aliphatic rings. The van der Waals surface area contributed by atoms with Gasteiger partial charge >= 0.3 is 0 Å². The molecule has 0 bridgehead atoms. The normalized spacial score (nSPS) is 11.0. The lowest BCUT2D eigenvalue weighted by Gasteiger charge is -2.08. The molecule has 0 unspecified atom stereocenters. The molecular formula is C13H9FIN3. The van der Waals surface area contributed by atoms with Crippen LogP contribution in [0.15, 0.2) is 42.6 Å². The molecule has 2 aromatic carbocycles. The summed E-state index contributed by atoms with van der Waals surface area (Å²) < 4.78 is 15.8. The first kappa shape index (κ1) is 11.5. The molecule has 0 spiro atoms. The summed E-state index contributed by atoms with van der Waals surface area (Å²) in [7, 11) is 0. The summed E-state index contributed by atoms with van der Waals surface area (Å²) in [5.74, 6) is -0.292. The number of anilines is 1. The van der Waals surface area contributed by atoms with Crippen LogP contribution in [0.1, 0.15) is 0 Å². The molecule has 2 N–H and O–H groups in total. The minimum absolute atomic E-state index is 0.292. The van der Waals surface area contributed by atoms with Crippen molar-refractivity contribution in [1.29, 1.82) is 0 Å². The van der Waals surface area contributed by atoms with E-state index in [1.807, 2.05) is 46.9 Å². The van der Waals surface area contributed by atoms with Gasteiger partial charge in [-0.3, -0.25) is 0 Å². The number of rotatable bonds is 1. The number of aromatic nitrogens is 2. The molecule has 0 aliphatic heterocycles. The molecular weight excluding hydrogens is 344 g/mol. The van der Waals surface area contributed by atoms with Gasteiger partial charge in [-0.25, -0.2) is 9.07 Å². The fourth-order valence-electron chi connectivity index (χ4n) is 1.90. The average Bonchev–Trinajstić information content (AvgIpc) is 2.78. The van der Waals surface area contributed by atoms with E-state index in [-0.39, 0.29) is 5.82 Å². The lowest BCUT2D eigenvalue weighted by Crippen LogP contribution is -2.03. The van der Waals surface area contributed by atoms with Crippen molar-refractivity contribution in [3.05, 3.63) is 52.0 Å². The first-order valence-corrected chi connectivity index (χ1v) is 6.42. The molecule has 3 nitrogen and oxygen atoms in total. The predicted molar refractivity (Wildman–Crippen MR) is 78.2 cm³/mol. The molecule has 0 amide bonds. The van der Waals surface area contributed by atoms with Crippen LogP contribution in [0.25, 0.3) is 16.6 Å². The molecule has 90 valence electrons. The van der Waals surface area contributed by atoms with E-state index in [0.717, 1.165) is 10.9 Å². The fraction of sp³-hybridized carbons (Fsp3) is 0. The highest BCUT2D eigenvalue weighted by molar-refractivity contribution is 14.1. The van der Waals surface area contributed by atoms with Crippen molar-refractivity contribution in [2.24, 2.45) is 0 Å². The number of nitrogen functional groups attached to an aromatic ring is 1. The van der Waals surface area contributed by atoms with Crippen LogP contribution in [0.2, 0.25) is 0 Å². The third-order valence-corrected chi connectivity index (χ3v) is 3.60. The Morgan fingerprint density at radius 3 is 2.83 bits per heavy atom. The van der Waals surface area contributed by atoms with Gasteiger partial charge in [0.1, 0.15) is 5.82 Å². The number of nitrogens with zero attached hydrogens (tertiary/aromatic N) is 2. The summed E-state index contributed by atoms with van der Waals surface area (Å²) in [6.07, 6.45) is 1.74. The molecule has 0 fully saturated rings. The Kier molecular flexibility index (Phi) is 2.70. The number of benzene rings is 2. The quantitative estimate of drug-likeness (QED) is 0.539. The van der Waals surface area contributed by atoms with Gasteiger partial charge in [-0.05, 0) is 34.7 Å². The minimum atomic E-state index is -0.292. The highest BCUT2D eigenvalue weighted by atomic mass is 127. The van der Waals surface area contributed by atoms with E-state index in [1.54, 1.807) is 16.9 Å². The van der Waals surface area contributed by atoms with Crippen LogP contribution in [0, 0.1) is 9.39 Å². The SMILES string of the molecule is Nc1cc(I)c(F)cc1-n1ncc2ccccc21. The maximum atomic E-state index is 13.6. The van der Waals surface area contributed by atoms with Crippen LogP contribution in [0.4, 0.5) is 10.1 Å². The molecule has 3 rings (SSSR count). The van der Waals surface area contributed by atoms with Crippen molar-refractivity contribution < 1.29 is 4.39 Å². The molecule has 0 atom stereocenters. The van der Waals surface area contributed by atoms with E-state index in [0.29, 0.717) is 14.9 Å². The Balaban J connectivity index is 2.29. The van der Waals surface area contributed by atoms with Crippen molar-refractivity contribution in [3.63, 3.8) is 0 Å². The van der Waals surface area contributed by atoms with E-state index < -0.39 is 0 Å².